The van der Waals surface area contributed by atoms with Crippen molar-refractivity contribution in [2.24, 2.45) is 5.73 Å². The Morgan fingerprint density at radius 1 is 1.11 bits per heavy atom. The predicted molar refractivity (Wildman–Crippen MR) is 166 cm³/mol. The number of carbonyl (C=O) groups is 2. The van der Waals surface area contributed by atoms with Crippen LogP contribution in [0.2, 0.25) is 0 Å². The van der Waals surface area contributed by atoms with Gasteiger partial charge < -0.3 is 30.0 Å². The number of ether oxygens (including phenoxy) is 4. The lowest BCUT2D eigenvalue weighted by Gasteiger charge is -2.38. The summed E-state index contributed by atoms with van der Waals surface area (Å²) in [6.45, 7) is 0. The van der Waals surface area contributed by atoms with E-state index in [0.29, 0.717) is 74.3 Å². The third-order valence-corrected chi connectivity index (χ3v) is 9.24. The van der Waals surface area contributed by atoms with E-state index < -0.39 is 5.92 Å². The van der Waals surface area contributed by atoms with E-state index in [9.17, 15) is 14.9 Å². The second kappa shape index (κ2) is 13.3. The summed E-state index contributed by atoms with van der Waals surface area (Å²) in [4.78, 5) is 27.8. The molecule has 3 aromatic rings. The highest BCUT2D eigenvalue weighted by molar-refractivity contribution is 8.01. The molecular formula is C30H30N6O6S2. The van der Waals surface area contributed by atoms with Gasteiger partial charge in [0.1, 0.15) is 11.6 Å². The monoisotopic (exact) mass is 634 g/mol. The number of carbonyl (C=O) groups excluding carboxylic acids is 2. The summed E-state index contributed by atoms with van der Waals surface area (Å²) in [6, 6.07) is 12.8. The maximum atomic E-state index is 13.5. The molecule has 12 nitrogen and oxygen atoms in total. The summed E-state index contributed by atoms with van der Waals surface area (Å²) in [5.74, 6) is 1.03. The zero-order valence-corrected chi connectivity index (χ0v) is 26.1. The van der Waals surface area contributed by atoms with Crippen LogP contribution >= 0.6 is 23.1 Å². The maximum absolute atomic E-state index is 13.5. The second-order valence-electron chi connectivity index (χ2n) is 9.69. The number of nitrogens with zero attached hydrogens (tertiary/aromatic N) is 4. The van der Waals surface area contributed by atoms with Gasteiger partial charge in [0.15, 0.2) is 21.6 Å². The molecule has 1 aliphatic heterocycles. The minimum Gasteiger partial charge on any atom is -0.497 e. The highest BCUT2D eigenvalue weighted by Crippen LogP contribution is 2.50. The summed E-state index contributed by atoms with van der Waals surface area (Å²) >= 11 is 2.44. The molecular weight excluding hydrogens is 605 g/mol. The van der Waals surface area contributed by atoms with E-state index in [1.54, 1.807) is 48.4 Å². The van der Waals surface area contributed by atoms with Gasteiger partial charge >= 0.3 is 0 Å². The zero-order chi connectivity index (χ0) is 31.4. The fraction of sp³-hybridized carbons (Fsp3) is 0.300. The van der Waals surface area contributed by atoms with Crippen LogP contribution in [0.3, 0.4) is 0 Å². The molecule has 5 rings (SSSR count). The molecule has 0 spiro atoms. The molecule has 2 aromatic carbocycles. The Labute approximate surface area is 262 Å². The highest BCUT2D eigenvalue weighted by Gasteiger charge is 2.42. The number of Topliss-reactive ketones (excluding diaryl/α,β-unsaturated/α-hetero) is 1. The first-order valence-corrected chi connectivity index (χ1v) is 15.3. The lowest BCUT2D eigenvalue weighted by molar-refractivity contribution is -0.116. The molecule has 0 radical (unpaired) electrons. The molecule has 2 aliphatic rings. The van der Waals surface area contributed by atoms with Gasteiger partial charge in [0.2, 0.25) is 16.8 Å². The number of rotatable bonds is 10. The quantitative estimate of drug-likeness (QED) is 0.298. The molecule has 44 heavy (non-hydrogen) atoms. The first-order valence-electron chi connectivity index (χ1n) is 13.5. The Kier molecular flexibility index (Phi) is 9.26. The molecule has 2 heterocycles. The number of ketones is 1. The summed E-state index contributed by atoms with van der Waals surface area (Å²) in [6.07, 6.45) is 1.51. The first kappa shape index (κ1) is 30.7. The van der Waals surface area contributed by atoms with Crippen molar-refractivity contribution < 1.29 is 28.5 Å². The average Bonchev–Trinajstić information content (AvgIpc) is 3.51. The first-order chi connectivity index (χ1) is 21.3. The van der Waals surface area contributed by atoms with E-state index in [0.717, 1.165) is 0 Å². The molecule has 0 bridgehead atoms. The summed E-state index contributed by atoms with van der Waals surface area (Å²) < 4.78 is 22.3. The Morgan fingerprint density at radius 2 is 1.86 bits per heavy atom. The van der Waals surface area contributed by atoms with Crippen LogP contribution in [0, 0.1) is 11.3 Å². The Balaban J connectivity index is 1.46. The van der Waals surface area contributed by atoms with E-state index >= 15 is 0 Å². The number of methoxy groups -OCH3 is 4. The number of nitrogens with one attached hydrogen (secondary N) is 1. The van der Waals surface area contributed by atoms with Gasteiger partial charge in [-0.15, -0.1) is 10.2 Å². The average molecular weight is 635 g/mol. The summed E-state index contributed by atoms with van der Waals surface area (Å²) in [5, 5.41) is 22.2. The molecule has 1 aromatic heterocycles. The van der Waals surface area contributed by atoms with Crippen LogP contribution in [0.4, 0.5) is 10.8 Å². The van der Waals surface area contributed by atoms with E-state index in [2.05, 4.69) is 21.6 Å². The van der Waals surface area contributed by atoms with Crippen molar-refractivity contribution in [1.29, 1.82) is 5.26 Å². The van der Waals surface area contributed by atoms with Gasteiger partial charge in [-0.3, -0.25) is 14.5 Å². The van der Waals surface area contributed by atoms with Crippen molar-refractivity contribution in [3.63, 3.8) is 0 Å². The van der Waals surface area contributed by atoms with Crippen molar-refractivity contribution in [3.05, 3.63) is 64.6 Å². The number of allylic oxidation sites excluding steroid dienone is 3. The van der Waals surface area contributed by atoms with Gasteiger partial charge in [-0.05, 0) is 42.7 Å². The number of hydrogen-bond donors (Lipinski definition) is 2. The van der Waals surface area contributed by atoms with Gasteiger partial charge in [-0.1, -0.05) is 29.2 Å². The molecule has 1 aliphatic carbocycles. The largest absolute Gasteiger partial charge is 0.497 e. The van der Waals surface area contributed by atoms with E-state index in [4.69, 9.17) is 24.7 Å². The number of thioether (sulfide) groups is 1. The van der Waals surface area contributed by atoms with Crippen LogP contribution in [0.15, 0.2) is 63.4 Å². The predicted octanol–water partition coefficient (Wildman–Crippen LogP) is 4.61. The molecule has 228 valence electrons. The number of nitriles is 1. The maximum Gasteiger partial charge on any atom is 0.234 e. The SMILES string of the molecule is COc1cccc(NC(=O)CSc2nnc(N3C(N)=C(C#N)C(c4cc(OC)c(OC)c(OC)c4)C4=C3CCCC4=O)s2)c1. The van der Waals surface area contributed by atoms with Crippen LogP contribution in [-0.2, 0) is 9.59 Å². The van der Waals surface area contributed by atoms with Crippen molar-refractivity contribution in [2.45, 2.75) is 29.5 Å². The lowest BCUT2D eigenvalue weighted by Crippen LogP contribution is -2.38. The van der Waals surface area contributed by atoms with Gasteiger partial charge in [0.25, 0.3) is 0 Å². The number of benzene rings is 2. The van der Waals surface area contributed by atoms with E-state index in [1.807, 2.05) is 0 Å². The zero-order valence-electron chi connectivity index (χ0n) is 24.5. The smallest absolute Gasteiger partial charge is 0.234 e. The minimum atomic E-state index is -0.741. The molecule has 14 heteroatoms. The van der Waals surface area contributed by atoms with Crippen LogP contribution in [0.25, 0.3) is 0 Å². The standard InChI is InChI=1S/C30H30N6O6S2/c1-39-18-8-5-7-17(13-18)33-24(38)15-43-30-35-34-29(44-30)36-20-9-6-10-21(37)26(20)25(19(14-31)28(36)32)16-11-22(40-2)27(42-4)23(12-16)41-3/h5,7-8,11-13,25H,6,9-10,15,32H2,1-4H3,(H,33,38). The number of hydrogen-bond acceptors (Lipinski definition) is 13. The lowest BCUT2D eigenvalue weighted by atomic mass is 9.75. The van der Waals surface area contributed by atoms with Gasteiger partial charge in [-0.2, -0.15) is 5.26 Å². The number of aromatic nitrogens is 2. The van der Waals surface area contributed by atoms with Crippen LogP contribution < -0.4 is 34.9 Å². The normalized spacial score (nSPS) is 16.3. The summed E-state index contributed by atoms with van der Waals surface area (Å²) in [5.41, 5.74) is 9.24. The Morgan fingerprint density at radius 3 is 2.52 bits per heavy atom. The molecule has 1 unspecified atom stereocenters. The number of anilines is 2. The van der Waals surface area contributed by atoms with E-state index in [-0.39, 0.29) is 28.8 Å². The van der Waals surface area contributed by atoms with Crippen LogP contribution in [0.5, 0.6) is 23.0 Å². The molecule has 0 fully saturated rings. The Bertz CT molecular complexity index is 1690. The molecule has 0 saturated carbocycles. The molecule has 3 N–H and O–H groups in total. The number of nitrogens with two attached hydrogens (primary N) is 1. The van der Waals surface area contributed by atoms with Gasteiger partial charge in [0.05, 0.1) is 51.8 Å². The van der Waals surface area contributed by atoms with Crippen molar-refractivity contribution >= 4 is 45.6 Å². The molecule has 1 amide bonds. The Hall–Kier alpha value is -4.74. The van der Waals surface area contributed by atoms with Crippen molar-refractivity contribution in [3.8, 4) is 29.1 Å². The second-order valence-corrected chi connectivity index (χ2v) is 11.9. The van der Waals surface area contributed by atoms with Gasteiger partial charge in [0, 0.05) is 29.4 Å². The minimum absolute atomic E-state index is 0.0800. The molecule has 0 saturated heterocycles. The fourth-order valence-corrected chi connectivity index (χ4v) is 6.96. The topological polar surface area (TPSA) is 162 Å². The third-order valence-electron chi connectivity index (χ3n) is 7.20. The summed E-state index contributed by atoms with van der Waals surface area (Å²) in [7, 11) is 6.07. The van der Waals surface area contributed by atoms with Crippen LogP contribution in [-0.4, -0.2) is 56.1 Å². The highest BCUT2D eigenvalue weighted by atomic mass is 32.2. The van der Waals surface area contributed by atoms with E-state index in [1.165, 1.54) is 44.4 Å². The fourth-order valence-electron chi connectivity index (χ4n) is 5.28. The number of amides is 1. The van der Waals surface area contributed by atoms with Crippen molar-refractivity contribution in [1.82, 2.24) is 10.2 Å². The third kappa shape index (κ3) is 5.88. The molecule has 1 atom stereocenters. The van der Waals surface area contributed by atoms with Crippen LogP contribution in [0.1, 0.15) is 30.7 Å². The van der Waals surface area contributed by atoms with Gasteiger partial charge in [-0.25, -0.2) is 0 Å². The van der Waals surface area contributed by atoms with Crippen molar-refractivity contribution in [2.75, 3.05) is 44.4 Å².